The van der Waals surface area contributed by atoms with Crippen molar-refractivity contribution >= 4 is 23.2 Å². The van der Waals surface area contributed by atoms with Crippen molar-refractivity contribution in [2.24, 2.45) is 10.7 Å². The first kappa shape index (κ1) is 13.7. The predicted molar refractivity (Wildman–Crippen MR) is 81.2 cm³/mol. The van der Waals surface area contributed by atoms with Gasteiger partial charge in [0.2, 0.25) is 0 Å². The third-order valence-corrected chi connectivity index (χ3v) is 3.63. The van der Waals surface area contributed by atoms with Crippen LogP contribution in [0.4, 0.5) is 10.1 Å². The highest BCUT2D eigenvalue weighted by atomic mass is 35.5. The van der Waals surface area contributed by atoms with Crippen LogP contribution in [0.25, 0.3) is 0 Å². The lowest BCUT2D eigenvalue weighted by atomic mass is 10.0. The molecule has 0 bridgehead atoms. The first-order chi connectivity index (χ1) is 10.0. The molecule has 6 heteroatoms. The first-order valence-corrected chi connectivity index (χ1v) is 6.76. The topological polar surface area (TPSA) is 61.9 Å². The Hall–Kier alpha value is -2.27. The van der Waals surface area contributed by atoms with Gasteiger partial charge in [-0.3, -0.25) is 4.99 Å². The molecule has 0 saturated heterocycles. The van der Waals surface area contributed by atoms with Gasteiger partial charge in [-0.15, -0.1) is 0 Å². The highest BCUT2D eigenvalue weighted by Crippen LogP contribution is 2.33. The minimum Gasteiger partial charge on any atom is -0.508 e. The van der Waals surface area contributed by atoms with Crippen molar-refractivity contribution in [2.75, 3.05) is 11.4 Å². The Kier molecular flexibility index (Phi) is 3.43. The van der Waals surface area contributed by atoms with E-state index >= 15 is 0 Å². The number of phenolic OH excluding ortho intramolecular Hbond substituents is 1. The van der Waals surface area contributed by atoms with Crippen LogP contribution in [0, 0.1) is 5.82 Å². The lowest BCUT2D eigenvalue weighted by Gasteiger charge is -2.26. The van der Waals surface area contributed by atoms with Crippen molar-refractivity contribution in [3.05, 3.63) is 58.9 Å². The summed E-state index contributed by atoms with van der Waals surface area (Å²) in [7, 11) is 0. The molecule has 1 atom stereocenters. The van der Waals surface area contributed by atoms with Crippen LogP contribution in [-0.4, -0.2) is 17.6 Å². The second-order valence-corrected chi connectivity index (χ2v) is 5.24. The normalized spacial score (nSPS) is 17.9. The van der Waals surface area contributed by atoms with Crippen LogP contribution in [0.5, 0.6) is 5.75 Å². The van der Waals surface area contributed by atoms with E-state index in [2.05, 4.69) is 4.99 Å². The van der Waals surface area contributed by atoms with Crippen LogP contribution in [0.15, 0.2) is 47.5 Å². The summed E-state index contributed by atoms with van der Waals surface area (Å²) in [6.07, 6.45) is 0. The van der Waals surface area contributed by atoms with Gasteiger partial charge < -0.3 is 15.7 Å². The molecule has 1 aliphatic heterocycles. The van der Waals surface area contributed by atoms with Crippen LogP contribution in [0.1, 0.15) is 11.6 Å². The third-order valence-electron chi connectivity index (χ3n) is 3.38. The first-order valence-electron chi connectivity index (χ1n) is 6.39. The molecule has 0 aromatic heterocycles. The van der Waals surface area contributed by atoms with Crippen molar-refractivity contribution < 1.29 is 9.50 Å². The second kappa shape index (κ2) is 5.26. The molecule has 2 aromatic rings. The number of benzene rings is 2. The number of aromatic hydroxyl groups is 1. The molecule has 21 heavy (non-hydrogen) atoms. The SMILES string of the molecule is NC1=NCC(c2cc(O)cc(F)c2)N1c1ccc(Cl)cc1. The van der Waals surface area contributed by atoms with Gasteiger partial charge >= 0.3 is 0 Å². The van der Waals surface area contributed by atoms with Gasteiger partial charge in [0.1, 0.15) is 11.6 Å². The fourth-order valence-corrected chi connectivity index (χ4v) is 2.58. The zero-order valence-corrected chi connectivity index (χ0v) is 11.8. The van der Waals surface area contributed by atoms with Crippen molar-refractivity contribution in [3.8, 4) is 5.75 Å². The van der Waals surface area contributed by atoms with E-state index in [0.717, 1.165) is 11.8 Å². The Morgan fingerprint density at radius 3 is 2.62 bits per heavy atom. The Labute approximate surface area is 126 Å². The number of guanidine groups is 1. The summed E-state index contributed by atoms with van der Waals surface area (Å²) in [6, 6.07) is 10.9. The second-order valence-electron chi connectivity index (χ2n) is 4.80. The van der Waals surface area contributed by atoms with Gasteiger partial charge in [0, 0.05) is 16.8 Å². The van der Waals surface area contributed by atoms with Crippen molar-refractivity contribution in [2.45, 2.75) is 6.04 Å². The molecule has 0 aliphatic carbocycles. The lowest BCUT2D eigenvalue weighted by Crippen LogP contribution is -2.36. The van der Waals surface area contributed by atoms with Crippen LogP contribution in [-0.2, 0) is 0 Å². The molecular weight excluding hydrogens is 293 g/mol. The van der Waals surface area contributed by atoms with E-state index in [1.54, 1.807) is 17.0 Å². The van der Waals surface area contributed by atoms with E-state index in [4.69, 9.17) is 17.3 Å². The Balaban J connectivity index is 2.00. The van der Waals surface area contributed by atoms with Gasteiger partial charge in [0.25, 0.3) is 0 Å². The van der Waals surface area contributed by atoms with Gasteiger partial charge in [0.15, 0.2) is 5.96 Å². The molecule has 4 nitrogen and oxygen atoms in total. The summed E-state index contributed by atoms with van der Waals surface area (Å²) in [4.78, 5) is 6.01. The predicted octanol–water partition coefficient (Wildman–Crippen LogP) is 3.06. The maximum Gasteiger partial charge on any atom is 0.196 e. The largest absolute Gasteiger partial charge is 0.508 e. The van der Waals surface area contributed by atoms with Crippen molar-refractivity contribution in [3.63, 3.8) is 0 Å². The summed E-state index contributed by atoms with van der Waals surface area (Å²) < 4.78 is 13.5. The minimum absolute atomic E-state index is 0.119. The van der Waals surface area contributed by atoms with Gasteiger partial charge in [-0.2, -0.15) is 0 Å². The average molecular weight is 306 g/mol. The molecule has 1 heterocycles. The Morgan fingerprint density at radius 2 is 1.95 bits per heavy atom. The number of nitrogens with two attached hydrogens (primary N) is 1. The molecule has 1 aliphatic rings. The van der Waals surface area contributed by atoms with Crippen LogP contribution in [0.3, 0.4) is 0 Å². The summed E-state index contributed by atoms with van der Waals surface area (Å²) in [6.45, 7) is 0.400. The third kappa shape index (κ3) is 2.64. The van der Waals surface area contributed by atoms with Crippen LogP contribution >= 0.6 is 11.6 Å². The molecule has 0 amide bonds. The summed E-state index contributed by atoms with van der Waals surface area (Å²) in [5.41, 5.74) is 7.37. The smallest absolute Gasteiger partial charge is 0.196 e. The van der Waals surface area contributed by atoms with Gasteiger partial charge in [-0.25, -0.2) is 4.39 Å². The number of halogens is 2. The Morgan fingerprint density at radius 1 is 1.24 bits per heavy atom. The summed E-state index contributed by atoms with van der Waals surface area (Å²) in [5, 5.41) is 10.2. The van der Waals surface area contributed by atoms with Crippen molar-refractivity contribution in [1.29, 1.82) is 0 Å². The molecular formula is C15H13ClFN3O. The van der Waals surface area contributed by atoms with Crippen LogP contribution < -0.4 is 10.6 Å². The summed E-state index contributed by atoms with van der Waals surface area (Å²) >= 11 is 5.89. The zero-order valence-electron chi connectivity index (χ0n) is 11.0. The van der Waals surface area contributed by atoms with Gasteiger partial charge in [0.05, 0.1) is 12.6 Å². The van der Waals surface area contributed by atoms with E-state index in [0.29, 0.717) is 23.1 Å². The fraction of sp³-hybridized carbons (Fsp3) is 0.133. The molecule has 0 radical (unpaired) electrons. The number of hydrogen-bond acceptors (Lipinski definition) is 4. The number of nitrogens with zero attached hydrogens (tertiary/aromatic N) is 2. The maximum atomic E-state index is 13.5. The van der Waals surface area contributed by atoms with Gasteiger partial charge in [-0.1, -0.05) is 11.6 Å². The van der Waals surface area contributed by atoms with Crippen LogP contribution in [0.2, 0.25) is 5.02 Å². The summed E-state index contributed by atoms with van der Waals surface area (Å²) in [5.74, 6) is -0.260. The molecule has 0 saturated carbocycles. The fourth-order valence-electron chi connectivity index (χ4n) is 2.45. The standard InChI is InChI=1S/C15H13ClFN3O/c16-10-1-3-12(4-2-10)20-14(8-19-15(20)18)9-5-11(17)7-13(21)6-9/h1-7,14,21H,8H2,(H2,18,19). The maximum absolute atomic E-state index is 13.5. The van der Waals surface area contributed by atoms with E-state index in [1.807, 2.05) is 12.1 Å². The average Bonchev–Trinajstić information content (AvgIpc) is 2.80. The molecule has 1 unspecified atom stereocenters. The molecule has 0 fully saturated rings. The van der Waals surface area contributed by atoms with Gasteiger partial charge in [-0.05, 0) is 42.0 Å². The molecule has 108 valence electrons. The monoisotopic (exact) mass is 305 g/mol. The molecule has 3 N–H and O–H groups in total. The van der Waals surface area contributed by atoms with E-state index in [9.17, 15) is 9.50 Å². The van der Waals surface area contributed by atoms with E-state index in [1.165, 1.54) is 12.1 Å². The number of phenols is 1. The van der Waals surface area contributed by atoms with Crippen molar-refractivity contribution in [1.82, 2.24) is 0 Å². The zero-order chi connectivity index (χ0) is 15.0. The van der Waals surface area contributed by atoms with E-state index < -0.39 is 5.82 Å². The number of anilines is 1. The molecule has 2 aromatic carbocycles. The quantitative estimate of drug-likeness (QED) is 0.896. The highest BCUT2D eigenvalue weighted by Gasteiger charge is 2.29. The number of hydrogen-bond donors (Lipinski definition) is 2. The number of aliphatic imine (C=N–C) groups is 1. The Bertz CT molecular complexity index is 682. The molecule has 0 spiro atoms. The minimum atomic E-state index is -0.494. The van der Waals surface area contributed by atoms with E-state index in [-0.39, 0.29) is 11.8 Å². The lowest BCUT2D eigenvalue weighted by molar-refractivity contribution is 0.467. The molecule has 3 rings (SSSR count). The number of rotatable bonds is 2. The highest BCUT2D eigenvalue weighted by molar-refractivity contribution is 6.30.